The smallest absolute Gasteiger partial charge is 0.224 e. The van der Waals surface area contributed by atoms with Gasteiger partial charge >= 0.3 is 0 Å². The molecule has 0 saturated carbocycles. The topological polar surface area (TPSA) is 41.6 Å². The van der Waals surface area contributed by atoms with Gasteiger partial charge in [-0.2, -0.15) is 4.98 Å². The highest BCUT2D eigenvalue weighted by Crippen LogP contribution is 2.23. The fourth-order valence-electron chi connectivity index (χ4n) is 1.61. The molecule has 0 amide bonds. The second-order valence-electron chi connectivity index (χ2n) is 3.07. The summed E-state index contributed by atoms with van der Waals surface area (Å²) in [7, 11) is 0. The lowest BCUT2D eigenvalue weighted by molar-refractivity contribution is 1.21. The number of nitrogens with zero attached hydrogens (tertiary/aromatic N) is 2. The van der Waals surface area contributed by atoms with E-state index in [0.29, 0.717) is 0 Å². The van der Waals surface area contributed by atoms with Gasteiger partial charge in [0.1, 0.15) is 5.65 Å². The van der Waals surface area contributed by atoms with E-state index in [1.165, 1.54) is 0 Å². The molecule has 1 aromatic carbocycles. The third-order valence-electron chi connectivity index (χ3n) is 2.23. The zero-order valence-electron chi connectivity index (χ0n) is 7.16. The summed E-state index contributed by atoms with van der Waals surface area (Å²) < 4.78 is 0. The van der Waals surface area contributed by atoms with Gasteiger partial charge < -0.3 is 4.98 Å². The fourth-order valence-corrected chi connectivity index (χ4v) is 1.74. The van der Waals surface area contributed by atoms with Crippen LogP contribution in [-0.4, -0.2) is 15.0 Å². The number of benzene rings is 1. The van der Waals surface area contributed by atoms with Gasteiger partial charge in [0.25, 0.3) is 0 Å². The zero-order chi connectivity index (χ0) is 9.54. The number of hydrogen-bond donors (Lipinski definition) is 1. The van der Waals surface area contributed by atoms with Gasteiger partial charge in [0, 0.05) is 22.5 Å². The standard InChI is InChI=1S/C10H6ClN3/c11-10-12-5-7-6-3-1-2-4-8(6)13-9(7)14-10/h1-5H,(H,12,13,14). The highest BCUT2D eigenvalue weighted by molar-refractivity contribution is 6.28. The van der Waals surface area contributed by atoms with E-state index < -0.39 is 0 Å². The first-order chi connectivity index (χ1) is 6.84. The molecule has 14 heavy (non-hydrogen) atoms. The van der Waals surface area contributed by atoms with Crippen molar-refractivity contribution in [3.63, 3.8) is 0 Å². The van der Waals surface area contributed by atoms with E-state index in [2.05, 4.69) is 15.0 Å². The SMILES string of the molecule is Clc1ncc2c(n1)[nH]c1ccccc12. The lowest BCUT2D eigenvalue weighted by Gasteiger charge is -1.89. The Morgan fingerprint density at radius 3 is 2.93 bits per heavy atom. The number of aromatic nitrogens is 3. The largest absolute Gasteiger partial charge is 0.339 e. The van der Waals surface area contributed by atoms with E-state index in [0.717, 1.165) is 21.9 Å². The summed E-state index contributed by atoms with van der Waals surface area (Å²) in [5.74, 6) is 0. The molecule has 0 aliphatic heterocycles. The molecule has 0 fully saturated rings. The molecule has 2 heterocycles. The molecular weight excluding hydrogens is 198 g/mol. The molecule has 3 aromatic rings. The maximum Gasteiger partial charge on any atom is 0.224 e. The third-order valence-corrected chi connectivity index (χ3v) is 2.41. The minimum Gasteiger partial charge on any atom is -0.339 e. The van der Waals surface area contributed by atoms with E-state index in [9.17, 15) is 0 Å². The second-order valence-corrected chi connectivity index (χ2v) is 3.41. The van der Waals surface area contributed by atoms with Gasteiger partial charge in [-0.3, -0.25) is 0 Å². The van der Waals surface area contributed by atoms with Gasteiger partial charge in [-0.1, -0.05) is 18.2 Å². The van der Waals surface area contributed by atoms with Crippen LogP contribution in [0.2, 0.25) is 5.28 Å². The summed E-state index contributed by atoms with van der Waals surface area (Å²) in [6.45, 7) is 0. The Hall–Kier alpha value is -1.61. The molecule has 2 aromatic heterocycles. The van der Waals surface area contributed by atoms with Crippen LogP contribution in [0.5, 0.6) is 0 Å². The molecule has 4 heteroatoms. The summed E-state index contributed by atoms with van der Waals surface area (Å²) >= 11 is 5.70. The van der Waals surface area contributed by atoms with E-state index in [4.69, 9.17) is 11.6 Å². The zero-order valence-corrected chi connectivity index (χ0v) is 7.92. The van der Waals surface area contributed by atoms with Crippen molar-refractivity contribution in [3.8, 4) is 0 Å². The fraction of sp³-hybridized carbons (Fsp3) is 0. The Morgan fingerprint density at radius 1 is 1.14 bits per heavy atom. The summed E-state index contributed by atoms with van der Waals surface area (Å²) in [6, 6.07) is 8.01. The first kappa shape index (κ1) is 7.76. The molecule has 0 aliphatic rings. The number of nitrogens with one attached hydrogen (secondary N) is 1. The van der Waals surface area contributed by atoms with Gasteiger partial charge in [-0.05, 0) is 17.7 Å². The van der Waals surface area contributed by atoms with Crippen LogP contribution < -0.4 is 0 Å². The Morgan fingerprint density at radius 2 is 2.00 bits per heavy atom. The lowest BCUT2D eigenvalue weighted by atomic mass is 10.2. The molecule has 0 saturated heterocycles. The summed E-state index contributed by atoms with van der Waals surface area (Å²) in [5, 5.41) is 2.40. The number of rotatable bonds is 0. The van der Waals surface area contributed by atoms with Crippen molar-refractivity contribution in [2.24, 2.45) is 0 Å². The van der Waals surface area contributed by atoms with E-state index in [-0.39, 0.29) is 5.28 Å². The van der Waals surface area contributed by atoms with E-state index >= 15 is 0 Å². The van der Waals surface area contributed by atoms with Crippen molar-refractivity contribution in [1.29, 1.82) is 0 Å². The number of H-pyrrole nitrogens is 1. The Bertz CT molecular complexity index is 615. The molecule has 0 radical (unpaired) electrons. The number of aromatic amines is 1. The molecular formula is C10H6ClN3. The number of para-hydroxylation sites is 1. The van der Waals surface area contributed by atoms with Crippen LogP contribution in [0.1, 0.15) is 0 Å². The average Bonchev–Trinajstić information content (AvgIpc) is 2.54. The van der Waals surface area contributed by atoms with Gasteiger partial charge in [0.05, 0.1) is 0 Å². The monoisotopic (exact) mass is 203 g/mol. The van der Waals surface area contributed by atoms with Crippen molar-refractivity contribution in [3.05, 3.63) is 35.7 Å². The van der Waals surface area contributed by atoms with Crippen LogP contribution in [0, 0.1) is 0 Å². The van der Waals surface area contributed by atoms with Crippen molar-refractivity contribution < 1.29 is 0 Å². The first-order valence-electron chi connectivity index (χ1n) is 4.23. The highest BCUT2D eigenvalue weighted by atomic mass is 35.5. The van der Waals surface area contributed by atoms with E-state index in [1.807, 2.05) is 24.3 Å². The summed E-state index contributed by atoms with van der Waals surface area (Å²) in [5.41, 5.74) is 1.84. The predicted molar refractivity (Wildman–Crippen MR) is 56.4 cm³/mol. The maximum absolute atomic E-state index is 5.70. The Labute approximate surface area is 84.7 Å². The second kappa shape index (κ2) is 2.69. The Balaban J connectivity index is 2.57. The molecule has 3 nitrogen and oxygen atoms in total. The highest BCUT2D eigenvalue weighted by Gasteiger charge is 2.04. The molecule has 68 valence electrons. The van der Waals surface area contributed by atoms with Crippen molar-refractivity contribution in [1.82, 2.24) is 15.0 Å². The van der Waals surface area contributed by atoms with Crippen LogP contribution in [0.4, 0.5) is 0 Å². The maximum atomic E-state index is 5.70. The lowest BCUT2D eigenvalue weighted by Crippen LogP contribution is -1.80. The predicted octanol–water partition coefficient (Wildman–Crippen LogP) is 2.76. The van der Waals surface area contributed by atoms with Crippen molar-refractivity contribution >= 4 is 33.5 Å². The van der Waals surface area contributed by atoms with E-state index in [1.54, 1.807) is 6.20 Å². The minimum atomic E-state index is 0.268. The van der Waals surface area contributed by atoms with Crippen LogP contribution in [-0.2, 0) is 0 Å². The number of fused-ring (bicyclic) bond motifs is 3. The molecule has 3 rings (SSSR count). The van der Waals surface area contributed by atoms with Crippen molar-refractivity contribution in [2.45, 2.75) is 0 Å². The molecule has 1 N–H and O–H groups in total. The van der Waals surface area contributed by atoms with Crippen LogP contribution >= 0.6 is 11.6 Å². The summed E-state index contributed by atoms with van der Waals surface area (Å²) in [4.78, 5) is 11.3. The molecule has 0 atom stereocenters. The van der Waals surface area contributed by atoms with Gasteiger partial charge in [0.15, 0.2) is 0 Å². The van der Waals surface area contributed by atoms with Crippen LogP contribution in [0.25, 0.3) is 21.9 Å². The molecule has 0 unspecified atom stereocenters. The van der Waals surface area contributed by atoms with Crippen LogP contribution in [0.3, 0.4) is 0 Å². The first-order valence-corrected chi connectivity index (χ1v) is 4.61. The quantitative estimate of drug-likeness (QED) is 0.571. The van der Waals surface area contributed by atoms with Crippen molar-refractivity contribution in [2.75, 3.05) is 0 Å². The number of hydrogen-bond acceptors (Lipinski definition) is 2. The third kappa shape index (κ3) is 0.992. The minimum absolute atomic E-state index is 0.268. The molecule has 0 spiro atoms. The molecule has 0 aliphatic carbocycles. The summed E-state index contributed by atoms with van der Waals surface area (Å²) in [6.07, 6.45) is 1.74. The molecule has 0 bridgehead atoms. The van der Waals surface area contributed by atoms with Gasteiger partial charge in [0.2, 0.25) is 5.28 Å². The van der Waals surface area contributed by atoms with Crippen LogP contribution in [0.15, 0.2) is 30.5 Å². The Kier molecular flexibility index (Phi) is 1.49. The normalized spacial score (nSPS) is 11.2. The number of halogens is 1. The average molecular weight is 204 g/mol. The van der Waals surface area contributed by atoms with Gasteiger partial charge in [-0.15, -0.1) is 0 Å². The van der Waals surface area contributed by atoms with Gasteiger partial charge in [-0.25, -0.2) is 4.98 Å².